The van der Waals surface area contributed by atoms with Crippen molar-refractivity contribution < 1.29 is 28.7 Å². The Labute approximate surface area is 182 Å². The molecule has 160 valence electrons. The molecule has 8 nitrogen and oxygen atoms in total. The first-order valence-corrected chi connectivity index (χ1v) is 10.0. The van der Waals surface area contributed by atoms with E-state index in [1.807, 2.05) is 6.92 Å². The molecule has 2 heterocycles. The summed E-state index contributed by atoms with van der Waals surface area (Å²) in [6.45, 7) is 3.43. The van der Waals surface area contributed by atoms with Crippen LogP contribution in [0.4, 0.5) is 5.69 Å². The first-order valence-electron chi connectivity index (χ1n) is 10.0. The van der Waals surface area contributed by atoms with E-state index in [0.717, 1.165) is 5.56 Å². The fraction of sp³-hybridized carbons (Fsp3) is 0.167. The number of anilines is 1. The number of carbonyl (C=O) groups excluding carboxylic acids is 4. The predicted octanol–water partition coefficient (Wildman–Crippen LogP) is 2.28. The molecule has 32 heavy (non-hydrogen) atoms. The van der Waals surface area contributed by atoms with Crippen LogP contribution in [0.3, 0.4) is 0 Å². The van der Waals surface area contributed by atoms with E-state index in [1.54, 1.807) is 37.3 Å². The number of rotatable bonds is 2. The normalized spacial score (nSPS) is 21.1. The molecule has 8 heteroatoms. The summed E-state index contributed by atoms with van der Waals surface area (Å²) >= 11 is 0. The van der Waals surface area contributed by atoms with E-state index in [4.69, 9.17) is 15.2 Å². The van der Waals surface area contributed by atoms with Crippen LogP contribution in [-0.4, -0.2) is 30.0 Å². The summed E-state index contributed by atoms with van der Waals surface area (Å²) in [5, 5.41) is 2.74. The molecule has 0 saturated carbocycles. The largest absolute Gasteiger partial charge is 0.462 e. The Morgan fingerprint density at radius 2 is 1.78 bits per heavy atom. The lowest BCUT2D eigenvalue weighted by molar-refractivity contribution is -0.140. The molecular weight excluding hydrogens is 412 g/mol. The molecule has 1 unspecified atom stereocenters. The summed E-state index contributed by atoms with van der Waals surface area (Å²) < 4.78 is 10.8. The molecule has 1 spiro atoms. The van der Waals surface area contributed by atoms with Crippen molar-refractivity contribution in [1.29, 1.82) is 0 Å². The van der Waals surface area contributed by atoms with Gasteiger partial charge < -0.3 is 20.5 Å². The van der Waals surface area contributed by atoms with Crippen molar-refractivity contribution in [1.82, 2.24) is 0 Å². The second-order valence-corrected chi connectivity index (χ2v) is 7.72. The van der Waals surface area contributed by atoms with Crippen molar-refractivity contribution in [3.05, 3.63) is 87.5 Å². The number of nitrogens with two attached hydrogens (primary N) is 1. The average molecular weight is 430 g/mol. The molecule has 0 aromatic heterocycles. The lowest BCUT2D eigenvalue weighted by atomic mass is 9.63. The van der Waals surface area contributed by atoms with Crippen LogP contribution in [0.5, 0.6) is 0 Å². The number of hydrogen-bond acceptors (Lipinski definition) is 7. The molecule has 0 bridgehead atoms. The van der Waals surface area contributed by atoms with Gasteiger partial charge in [0.1, 0.15) is 11.0 Å². The number of amides is 1. The number of hydrogen-bond donors (Lipinski definition) is 2. The van der Waals surface area contributed by atoms with Gasteiger partial charge >= 0.3 is 5.97 Å². The summed E-state index contributed by atoms with van der Waals surface area (Å²) in [5.74, 6) is -3.57. The minimum absolute atomic E-state index is 0.00953. The van der Waals surface area contributed by atoms with Crippen molar-refractivity contribution in [3.63, 3.8) is 0 Å². The summed E-state index contributed by atoms with van der Waals surface area (Å²) in [7, 11) is 0. The third kappa shape index (κ3) is 2.31. The minimum Gasteiger partial charge on any atom is -0.462 e. The van der Waals surface area contributed by atoms with Crippen molar-refractivity contribution in [2.24, 2.45) is 5.73 Å². The minimum atomic E-state index is -1.98. The number of ketones is 2. The van der Waals surface area contributed by atoms with Gasteiger partial charge in [-0.25, -0.2) is 4.79 Å². The number of benzene rings is 2. The van der Waals surface area contributed by atoms with Gasteiger partial charge in [-0.2, -0.15) is 0 Å². The number of ether oxygens (including phenoxy) is 2. The Morgan fingerprint density at radius 3 is 2.47 bits per heavy atom. The highest BCUT2D eigenvalue weighted by Crippen LogP contribution is 2.54. The maximum Gasteiger partial charge on any atom is 0.341 e. The van der Waals surface area contributed by atoms with E-state index in [-0.39, 0.29) is 34.6 Å². The van der Waals surface area contributed by atoms with Gasteiger partial charge in [-0.3, -0.25) is 14.4 Å². The van der Waals surface area contributed by atoms with Crippen LogP contribution in [0.15, 0.2) is 65.3 Å². The van der Waals surface area contributed by atoms with Crippen molar-refractivity contribution in [2.75, 3.05) is 11.9 Å². The van der Waals surface area contributed by atoms with E-state index in [2.05, 4.69) is 5.32 Å². The van der Waals surface area contributed by atoms with E-state index in [0.29, 0.717) is 11.3 Å². The topological polar surface area (TPSA) is 125 Å². The van der Waals surface area contributed by atoms with Crippen molar-refractivity contribution in [2.45, 2.75) is 19.3 Å². The second-order valence-electron chi connectivity index (χ2n) is 7.72. The monoisotopic (exact) mass is 430 g/mol. The number of allylic oxidation sites excluding steroid dienone is 1. The Bertz CT molecular complexity index is 1340. The summed E-state index contributed by atoms with van der Waals surface area (Å²) in [4.78, 5) is 53.8. The summed E-state index contributed by atoms with van der Waals surface area (Å²) in [6.07, 6.45) is 0. The lowest BCUT2D eigenvalue weighted by Crippen LogP contribution is -2.50. The molecule has 1 amide bonds. The van der Waals surface area contributed by atoms with Crippen LogP contribution in [0.1, 0.15) is 38.8 Å². The molecule has 3 aliphatic rings. The molecule has 2 aromatic rings. The third-order valence-electron chi connectivity index (χ3n) is 5.93. The predicted molar refractivity (Wildman–Crippen MR) is 113 cm³/mol. The van der Waals surface area contributed by atoms with Gasteiger partial charge in [-0.05, 0) is 19.9 Å². The average Bonchev–Trinajstić information content (AvgIpc) is 3.03. The lowest BCUT2D eigenvalue weighted by Gasteiger charge is -2.38. The van der Waals surface area contributed by atoms with E-state index >= 15 is 0 Å². The maximum atomic E-state index is 13.7. The maximum absolute atomic E-state index is 13.7. The Kier molecular flexibility index (Phi) is 4.10. The third-order valence-corrected chi connectivity index (χ3v) is 5.93. The highest BCUT2D eigenvalue weighted by Gasteiger charge is 2.63. The summed E-state index contributed by atoms with van der Waals surface area (Å²) in [6, 6.07) is 11.4. The van der Waals surface area contributed by atoms with Gasteiger partial charge in [0.05, 0.1) is 12.2 Å². The van der Waals surface area contributed by atoms with E-state index in [1.165, 1.54) is 12.1 Å². The van der Waals surface area contributed by atoms with E-state index < -0.39 is 34.7 Å². The highest BCUT2D eigenvalue weighted by atomic mass is 16.5. The Morgan fingerprint density at radius 1 is 1.09 bits per heavy atom. The molecule has 5 rings (SSSR count). The smallest absolute Gasteiger partial charge is 0.341 e. The fourth-order valence-electron chi connectivity index (χ4n) is 4.63. The van der Waals surface area contributed by atoms with Crippen LogP contribution >= 0.6 is 0 Å². The molecular formula is C24H18N2O6. The molecule has 2 aliphatic heterocycles. The van der Waals surface area contributed by atoms with Crippen LogP contribution in [0.25, 0.3) is 0 Å². The SMILES string of the molecule is CCOC(=O)C1=C(N)OC2=C(C(=O)c3ccccc3C2=O)C12C(=O)Nc1ccc(C)cc12. The zero-order valence-electron chi connectivity index (χ0n) is 17.3. The van der Waals surface area contributed by atoms with Crippen LogP contribution in [-0.2, 0) is 24.5 Å². The number of esters is 1. The first kappa shape index (κ1) is 19.7. The van der Waals surface area contributed by atoms with Crippen molar-refractivity contribution >= 4 is 29.1 Å². The van der Waals surface area contributed by atoms with Gasteiger partial charge in [-0.1, -0.05) is 42.0 Å². The number of aryl methyl sites for hydroxylation is 1. The molecule has 1 atom stereocenters. The van der Waals surface area contributed by atoms with Gasteiger partial charge in [-0.15, -0.1) is 0 Å². The molecule has 3 N–H and O–H groups in total. The number of nitrogens with one attached hydrogen (secondary N) is 1. The van der Waals surface area contributed by atoms with Crippen LogP contribution in [0.2, 0.25) is 0 Å². The number of fused-ring (bicyclic) bond motifs is 4. The zero-order chi connectivity index (χ0) is 22.8. The van der Waals surface area contributed by atoms with Gasteiger partial charge in [0.15, 0.2) is 11.5 Å². The Hall–Kier alpha value is -4.20. The first-order chi connectivity index (χ1) is 15.3. The summed E-state index contributed by atoms with van der Waals surface area (Å²) in [5.41, 5.74) is 5.39. The van der Waals surface area contributed by atoms with Crippen molar-refractivity contribution in [3.8, 4) is 0 Å². The standard InChI is InChI=1S/C24H18N2O6/c1-3-31-22(29)17-21(25)32-20-16(18(27)12-6-4-5-7-13(12)19(20)28)24(17)14-10-11(2)8-9-15(14)26-23(24)30/h4-10H,3,25H2,1-2H3,(H,26,30). The molecule has 0 saturated heterocycles. The van der Waals surface area contributed by atoms with Gasteiger partial charge in [0.25, 0.3) is 0 Å². The Balaban J connectivity index is 1.90. The molecule has 0 radical (unpaired) electrons. The zero-order valence-corrected chi connectivity index (χ0v) is 17.3. The second kappa shape index (κ2) is 6.65. The molecule has 0 fully saturated rings. The molecule has 2 aromatic carbocycles. The van der Waals surface area contributed by atoms with Gasteiger partial charge in [0, 0.05) is 22.4 Å². The quantitative estimate of drug-likeness (QED) is 0.700. The number of Topliss-reactive ketones (excluding diaryl/α,β-unsaturated/α-hetero) is 2. The van der Waals surface area contributed by atoms with Crippen LogP contribution < -0.4 is 11.1 Å². The fourth-order valence-corrected chi connectivity index (χ4v) is 4.63. The van der Waals surface area contributed by atoms with E-state index in [9.17, 15) is 19.2 Å². The number of carbonyl (C=O) groups is 4. The highest BCUT2D eigenvalue weighted by molar-refractivity contribution is 6.32. The van der Waals surface area contributed by atoms with Gasteiger partial charge in [0.2, 0.25) is 17.6 Å². The molecule has 1 aliphatic carbocycles. The van der Waals surface area contributed by atoms with Crippen LogP contribution in [0, 0.1) is 6.92 Å².